The van der Waals surface area contributed by atoms with Gasteiger partial charge >= 0.3 is 12.0 Å². The van der Waals surface area contributed by atoms with Crippen molar-refractivity contribution in [3.8, 4) is 0 Å². The summed E-state index contributed by atoms with van der Waals surface area (Å²) in [6, 6.07) is 10.0. The molecule has 1 atom stereocenters. The number of hydrogen-bond donors (Lipinski definition) is 2. The molecule has 5 heteroatoms. The van der Waals surface area contributed by atoms with Crippen LogP contribution in [0.5, 0.6) is 0 Å². The zero-order chi connectivity index (χ0) is 15.1. The zero-order valence-corrected chi connectivity index (χ0v) is 12.1. The van der Waals surface area contributed by atoms with Crippen molar-refractivity contribution >= 4 is 12.0 Å². The van der Waals surface area contributed by atoms with Gasteiger partial charge in [0.2, 0.25) is 0 Å². The highest BCUT2D eigenvalue weighted by molar-refractivity contribution is 5.74. The highest BCUT2D eigenvalue weighted by Crippen LogP contribution is 2.20. The number of likely N-dealkylation sites (tertiary alicyclic amines) is 1. The van der Waals surface area contributed by atoms with Gasteiger partial charge in [0.25, 0.3) is 0 Å². The van der Waals surface area contributed by atoms with Crippen molar-refractivity contribution < 1.29 is 14.7 Å². The number of hydrogen-bond acceptors (Lipinski definition) is 2. The second kappa shape index (κ2) is 7.67. The second-order valence-corrected chi connectivity index (χ2v) is 5.50. The molecular formula is C16H22N2O3. The number of carboxylic acid groups (broad SMARTS) is 1. The lowest BCUT2D eigenvalue weighted by molar-refractivity contribution is -0.137. The number of carbonyl (C=O) groups is 2. The fraction of sp³-hybridized carbons (Fsp3) is 0.500. The maximum Gasteiger partial charge on any atom is 0.317 e. The quantitative estimate of drug-likeness (QED) is 0.843. The first-order chi connectivity index (χ1) is 10.1. The van der Waals surface area contributed by atoms with Crippen LogP contribution in [0, 0.1) is 5.92 Å². The van der Waals surface area contributed by atoms with E-state index in [2.05, 4.69) is 5.32 Å². The van der Waals surface area contributed by atoms with Crippen LogP contribution < -0.4 is 5.32 Å². The summed E-state index contributed by atoms with van der Waals surface area (Å²) in [6.07, 6.45) is 2.57. The third-order valence-electron chi connectivity index (χ3n) is 3.87. The van der Waals surface area contributed by atoms with E-state index in [1.165, 1.54) is 5.56 Å². The molecule has 21 heavy (non-hydrogen) atoms. The van der Waals surface area contributed by atoms with Gasteiger partial charge < -0.3 is 15.3 Å². The molecular weight excluding hydrogens is 268 g/mol. The number of carboxylic acids is 1. The number of urea groups is 1. The molecule has 1 aliphatic heterocycles. The molecule has 2 N–H and O–H groups in total. The van der Waals surface area contributed by atoms with E-state index in [-0.39, 0.29) is 12.5 Å². The SMILES string of the molecule is O=C(O)CCC1CCN(C(=O)NCCc2ccccc2)C1. The molecule has 1 fully saturated rings. The number of aliphatic carboxylic acids is 1. The van der Waals surface area contributed by atoms with E-state index in [1.807, 2.05) is 30.3 Å². The van der Waals surface area contributed by atoms with Crippen LogP contribution in [0.15, 0.2) is 30.3 Å². The fourth-order valence-corrected chi connectivity index (χ4v) is 2.65. The molecule has 0 aromatic heterocycles. The minimum Gasteiger partial charge on any atom is -0.481 e. The monoisotopic (exact) mass is 290 g/mol. The topological polar surface area (TPSA) is 69.6 Å². The minimum atomic E-state index is -0.763. The molecule has 1 aromatic carbocycles. The van der Waals surface area contributed by atoms with Gasteiger partial charge in [-0.25, -0.2) is 4.79 Å². The van der Waals surface area contributed by atoms with Gasteiger partial charge in [0.15, 0.2) is 0 Å². The molecule has 0 aliphatic carbocycles. The molecule has 0 spiro atoms. The molecule has 1 heterocycles. The largest absolute Gasteiger partial charge is 0.481 e. The van der Waals surface area contributed by atoms with Crippen LogP contribution in [0.1, 0.15) is 24.8 Å². The van der Waals surface area contributed by atoms with Crippen LogP contribution in [0.25, 0.3) is 0 Å². The molecule has 0 bridgehead atoms. The molecule has 1 saturated heterocycles. The van der Waals surface area contributed by atoms with Crippen LogP contribution in [-0.2, 0) is 11.2 Å². The van der Waals surface area contributed by atoms with Gasteiger partial charge in [-0.3, -0.25) is 4.79 Å². The van der Waals surface area contributed by atoms with Gasteiger partial charge in [-0.1, -0.05) is 30.3 Å². The van der Waals surface area contributed by atoms with E-state index in [0.29, 0.717) is 25.4 Å². The highest BCUT2D eigenvalue weighted by atomic mass is 16.4. The van der Waals surface area contributed by atoms with E-state index in [4.69, 9.17) is 5.11 Å². The van der Waals surface area contributed by atoms with E-state index < -0.39 is 5.97 Å². The smallest absolute Gasteiger partial charge is 0.317 e. The zero-order valence-electron chi connectivity index (χ0n) is 12.1. The van der Waals surface area contributed by atoms with Gasteiger partial charge in [-0.2, -0.15) is 0 Å². The number of amides is 2. The Balaban J connectivity index is 1.66. The second-order valence-electron chi connectivity index (χ2n) is 5.50. The van der Waals surface area contributed by atoms with E-state index in [9.17, 15) is 9.59 Å². The van der Waals surface area contributed by atoms with Gasteiger partial charge in [0.05, 0.1) is 0 Å². The predicted octanol–water partition coefficient (Wildman–Crippen LogP) is 2.13. The van der Waals surface area contributed by atoms with Crippen LogP contribution in [0.4, 0.5) is 4.79 Å². The third-order valence-corrected chi connectivity index (χ3v) is 3.87. The lowest BCUT2D eigenvalue weighted by Gasteiger charge is -2.17. The molecule has 0 saturated carbocycles. The average molecular weight is 290 g/mol. The Kier molecular flexibility index (Phi) is 5.60. The molecule has 5 nitrogen and oxygen atoms in total. The molecule has 1 unspecified atom stereocenters. The Labute approximate surface area is 125 Å². The normalized spacial score (nSPS) is 17.7. The Hall–Kier alpha value is -2.04. The number of rotatable bonds is 6. The fourth-order valence-electron chi connectivity index (χ4n) is 2.65. The first kappa shape index (κ1) is 15.4. The van der Waals surface area contributed by atoms with Gasteiger partial charge in [-0.15, -0.1) is 0 Å². The van der Waals surface area contributed by atoms with Crippen molar-refractivity contribution in [1.82, 2.24) is 10.2 Å². The summed E-state index contributed by atoms with van der Waals surface area (Å²) in [5, 5.41) is 11.6. The standard InChI is InChI=1S/C16H22N2O3/c19-15(20)7-6-14-9-11-18(12-14)16(21)17-10-8-13-4-2-1-3-5-13/h1-5,14H,6-12H2,(H,17,21)(H,19,20). The van der Waals surface area contributed by atoms with Crippen molar-refractivity contribution in [2.75, 3.05) is 19.6 Å². The van der Waals surface area contributed by atoms with Crippen molar-refractivity contribution in [2.45, 2.75) is 25.7 Å². The molecule has 1 aromatic rings. The van der Waals surface area contributed by atoms with Gasteiger partial charge in [-0.05, 0) is 30.7 Å². The Bertz CT molecular complexity index is 476. The number of carbonyl (C=O) groups excluding carboxylic acids is 1. The predicted molar refractivity (Wildman–Crippen MR) is 80.1 cm³/mol. The first-order valence-electron chi connectivity index (χ1n) is 7.43. The first-order valence-corrected chi connectivity index (χ1v) is 7.43. The molecule has 1 aliphatic rings. The van der Waals surface area contributed by atoms with Gasteiger partial charge in [0, 0.05) is 26.1 Å². The summed E-state index contributed by atoms with van der Waals surface area (Å²) in [4.78, 5) is 24.4. The van der Waals surface area contributed by atoms with Crippen molar-refractivity contribution in [3.63, 3.8) is 0 Å². The van der Waals surface area contributed by atoms with Crippen LogP contribution in [0.3, 0.4) is 0 Å². The Morgan fingerprint density at radius 3 is 2.76 bits per heavy atom. The molecule has 2 amide bonds. The third kappa shape index (κ3) is 5.10. The molecule has 2 rings (SSSR count). The number of benzene rings is 1. The lowest BCUT2D eigenvalue weighted by atomic mass is 10.0. The average Bonchev–Trinajstić information content (AvgIpc) is 2.95. The van der Waals surface area contributed by atoms with Crippen LogP contribution in [0.2, 0.25) is 0 Å². The Morgan fingerprint density at radius 2 is 2.05 bits per heavy atom. The maximum absolute atomic E-state index is 12.0. The summed E-state index contributed by atoms with van der Waals surface area (Å²) in [5.74, 6) is -0.443. The summed E-state index contributed by atoms with van der Waals surface area (Å²) in [6.45, 7) is 2.02. The van der Waals surface area contributed by atoms with E-state index in [1.54, 1.807) is 4.90 Å². The van der Waals surface area contributed by atoms with E-state index in [0.717, 1.165) is 19.4 Å². The van der Waals surface area contributed by atoms with E-state index >= 15 is 0 Å². The van der Waals surface area contributed by atoms with Crippen LogP contribution in [-0.4, -0.2) is 41.6 Å². The lowest BCUT2D eigenvalue weighted by Crippen LogP contribution is -2.39. The summed E-state index contributed by atoms with van der Waals surface area (Å²) < 4.78 is 0. The van der Waals surface area contributed by atoms with Gasteiger partial charge in [0.1, 0.15) is 0 Å². The molecule has 114 valence electrons. The maximum atomic E-state index is 12.0. The van der Waals surface area contributed by atoms with Crippen molar-refractivity contribution in [3.05, 3.63) is 35.9 Å². The summed E-state index contributed by atoms with van der Waals surface area (Å²) >= 11 is 0. The highest BCUT2D eigenvalue weighted by Gasteiger charge is 2.26. The molecule has 0 radical (unpaired) electrons. The van der Waals surface area contributed by atoms with Crippen LogP contribution >= 0.6 is 0 Å². The Morgan fingerprint density at radius 1 is 1.29 bits per heavy atom. The number of nitrogens with one attached hydrogen (secondary N) is 1. The van der Waals surface area contributed by atoms with Crippen molar-refractivity contribution in [1.29, 1.82) is 0 Å². The van der Waals surface area contributed by atoms with Crippen molar-refractivity contribution in [2.24, 2.45) is 5.92 Å². The minimum absolute atomic E-state index is 0.0382. The number of nitrogens with zero attached hydrogens (tertiary/aromatic N) is 1. The summed E-state index contributed by atoms with van der Waals surface area (Å²) in [7, 11) is 0. The summed E-state index contributed by atoms with van der Waals surface area (Å²) in [5.41, 5.74) is 1.21.